The van der Waals surface area contributed by atoms with Crippen molar-refractivity contribution in [2.75, 3.05) is 0 Å². The molecule has 0 bridgehead atoms. The van der Waals surface area contributed by atoms with Crippen molar-refractivity contribution in [2.24, 2.45) is 4.99 Å². The summed E-state index contributed by atoms with van der Waals surface area (Å²) in [5.41, 5.74) is 2.76. The minimum atomic E-state index is -0.457. The molecule has 0 aliphatic carbocycles. The quantitative estimate of drug-likeness (QED) is 0.262. The highest BCUT2D eigenvalue weighted by molar-refractivity contribution is 6.36. The van der Waals surface area contributed by atoms with E-state index in [-0.39, 0.29) is 0 Å². The average Bonchev–Trinajstić information content (AvgIpc) is 2.61. The predicted octanol–water partition coefficient (Wildman–Crippen LogP) is 6.93. The van der Waals surface area contributed by atoms with Gasteiger partial charge in [0.15, 0.2) is 0 Å². The molecule has 136 valence electrons. The van der Waals surface area contributed by atoms with Gasteiger partial charge >= 0.3 is 5.97 Å². The van der Waals surface area contributed by atoms with Crippen LogP contribution in [-0.2, 0) is 0 Å². The Bertz CT molecular complexity index is 1010. The molecule has 0 aliphatic heterocycles. The number of aryl methyl sites for hydroxylation is 1. The summed E-state index contributed by atoms with van der Waals surface area (Å²) in [5, 5.41) is 1.40. The van der Waals surface area contributed by atoms with Gasteiger partial charge in [-0.05, 0) is 61.0 Å². The number of benzene rings is 3. The summed E-state index contributed by atoms with van der Waals surface area (Å²) in [6.45, 7) is 1.95. The maximum atomic E-state index is 12.3. The van der Waals surface area contributed by atoms with E-state index in [4.69, 9.17) is 39.5 Å². The fourth-order valence-electron chi connectivity index (χ4n) is 2.30. The highest BCUT2D eigenvalue weighted by Gasteiger charge is 2.09. The van der Waals surface area contributed by atoms with E-state index < -0.39 is 5.97 Å². The molecule has 0 spiro atoms. The van der Waals surface area contributed by atoms with Crippen LogP contribution >= 0.6 is 34.8 Å². The summed E-state index contributed by atoms with van der Waals surface area (Å²) in [6, 6.07) is 17.1. The minimum absolute atomic E-state index is 0.330. The number of nitrogens with zero attached hydrogens (tertiary/aromatic N) is 1. The normalized spacial score (nSPS) is 11.0. The molecule has 3 nitrogen and oxygen atoms in total. The van der Waals surface area contributed by atoms with Crippen molar-refractivity contribution in [1.29, 1.82) is 0 Å². The number of rotatable bonds is 4. The van der Waals surface area contributed by atoms with Gasteiger partial charge in [0, 0.05) is 16.3 Å². The fraction of sp³-hybridized carbons (Fsp3) is 0.0476. The standard InChI is InChI=1S/C21H14Cl3NO2/c1-13-2-4-15(5-3-13)21(26)27-18-9-14(8-17(23)10-18)12-25-20-7-6-16(22)11-19(20)24/h2-12H,1H3. The van der Waals surface area contributed by atoms with Gasteiger partial charge in [-0.1, -0.05) is 52.5 Å². The summed E-state index contributed by atoms with van der Waals surface area (Å²) in [6.07, 6.45) is 1.59. The number of aliphatic imine (C=N–C) groups is 1. The first kappa shape index (κ1) is 19.4. The maximum Gasteiger partial charge on any atom is 0.343 e. The monoisotopic (exact) mass is 417 g/mol. The lowest BCUT2D eigenvalue weighted by Crippen LogP contribution is -2.08. The van der Waals surface area contributed by atoms with E-state index in [0.717, 1.165) is 5.56 Å². The lowest BCUT2D eigenvalue weighted by atomic mass is 10.1. The molecule has 3 aromatic rings. The lowest BCUT2D eigenvalue weighted by Gasteiger charge is -2.06. The highest BCUT2D eigenvalue weighted by Crippen LogP contribution is 2.28. The number of carbonyl (C=O) groups excluding carboxylic acids is 1. The first-order valence-electron chi connectivity index (χ1n) is 7.99. The van der Waals surface area contributed by atoms with Crippen LogP contribution in [0.15, 0.2) is 65.7 Å². The van der Waals surface area contributed by atoms with E-state index in [1.807, 2.05) is 19.1 Å². The van der Waals surface area contributed by atoms with Crippen LogP contribution in [0.5, 0.6) is 5.75 Å². The van der Waals surface area contributed by atoms with Crippen LogP contribution in [0.4, 0.5) is 5.69 Å². The second-order valence-corrected chi connectivity index (χ2v) is 7.11. The number of halogens is 3. The summed E-state index contributed by atoms with van der Waals surface area (Å²) < 4.78 is 5.42. The second kappa shape index (κ2) is 8.57. The maximum absolute atomic E-state index is 12.3. The molecule has 6 heteroatoms. The molecule has 0 saturated carbocycles. The van der Waals surface area contributed by atoms with Crippen molar-refractivity contribution in [1.82, 2.24) is 0 Å². The Morgan fingerprint density at radius 3 is 2.37 bits per heavy atom. The number of hydrogen-bond donors (Lipinski definition) is 0. The molecule has 27 heavy (non-hydrogen) atoms. The topological polar surface area (TPSA) is 38.7 Å². The van der Waals surface area contributed by atoms with E-state index in [2.05, 4.69) is 4.99 Å². The summed E-state index contributed by atoms with van der Waals surface area (Å²) >= 11 is 18.1. The van der Waals surface area contributed by atoms with Crippen LogP contribution in [0.1, 0.15) is 21.5 Å². The molecule has 0 aliphatic rings. The number of carbonyl (C=O) groups is 1. The number of hydrogen-bond acceptors (Lipinski definition) is 3. The molecule has 0 radical (unpaired) electrons. The van der Waals surface area contributed by atoms with Crippen molar-refractivity contribution in [3.05, 3.63) is 92.4 Å². The summed E-state index contributed by atoms with van der Waals surface area (Å²) in [4.78, 5) is 16.6. The van der Waals surface area contributed by atoms with Gasteiger partial charge in [0.05, 0.1) is 16.3 Å². The molecule has 0 unspecified atom stereocenters. The Balaban J connectivity index is 1.80. The van der Waals surface area contributed by atoms with E-state index >= 15 is 0 Å². The number of ether oxygens (including phenoxy) is 1. The van der Waals surface area contributed by atoms with E-state index in [1.54, 1.807) is 54.7 Å². The lowest BCUT2D eigenvalue weighted by molar-refractivity contribution is 0.0735. The first-order valence-corrected chi connectivity index (χ1v) is 9.13. The zero-order valence-electron chi connectivity index (χ0n) is 14.2. The van der Waals surface area contributed by atoms with Gasteiger partial charge in [0.25, 0.3) is 0 Å². The van der Waals surface area contributed by atoms with Crippen molar-refractivity contribution in [2.45, 2.75) is 6.92 Å². The fourth-order valence-corrected chi connectivity index (χ4v) is 2.99. The number of esters is 1. The molecular weight excluding hydrogens is 405 g/mol. The molecule has 0 fully saturated rings. The SMILES string of the molecule is Cc1ccc(C(=O)Oc2cc(Cl)cc(C=Nc3ccc(Cl)cc3Cl)c2)cc1. The molecule has 0 aromatic heterocycles. The van der Waals surface area contributed by atoms with Gasteiger partial charge in [-0.3, -0.25) is 4.99 Å². The Morgan fingerprint density at radius 1 is 0.926 bits per heavy atom. The van der Waals surface area contributed by atoms with Gasteiger partial charge in [-0.15, -0.1) is 0 Å². The Morgan fingerprint density at radius 2 is 1.67 bits per heavy atom. The van der Waals surface area contributed by atoms with Crippen LogP contribution in [0.3, 0.4) is 0 Å². The molecule has 0 amide bonds. The molecule has 3 aromatic carbocycles. The average molecular weight is 419 g/mol. The van der Waals surface area contributed by atoms with Gasteiger partial charge in [-0.2, -0.15) is 0 Å². The molecular formula is C21H14Cl3NO2. The predicted molar refractivity (Wildman–Crippen MR) is 111 cm³/mol. The van der Waals surface area contributed by atoms with Crippen molar-refractivity contribution >= 4 is 52.7 Å². The van der Waals surface area contributed by atoms with Crippen LogP contribution < -0.4 is 4.74 Å². The summed E-state index contributed by atoms with van der Waals surface area (Å²) in [5.74, 6) is -0.127. The summed E-state index contributed by atoms with van der Waals surface area (Å²) in [7, 11) is 0. The zero-order valence-corrected chi connectivity index (χ0v) is 16.5. The third-order valence-corrected chi connectivity index (χ3v) is 4.41. The highest BCUT2D eigenvalue weighted by atomic mass is 35.5. The van der Waals surface area contributed by atoms with Crippen LogP contribution in [-0.4, -0.2) is 12.2 Å². The molecule has 0 saturated heterocycles. The van der Waals surface area contributed by atoms with Gasteiger partial charge in [0.2, 0.25) is 0 Å². The van der Waals surface area contributed by atoms with Crippen molar-refractivity contribution in [3.8, 4) is 5.75 Å². The Kier molecular flexibility index (Phi) is 6.17. The van der Waals surface area contributed by atoms with Gasteiger partial charge in [-0.25, -0.2) is 4.79 Å². The van der Waals surface area contributed by atoms with E-state index in [1.165, 1.54) is 0 Å². The van der Waals surface area contributed by atoms with Gasteiger partial charge in [0.1, 0.15) is 5.75 Å². The van der Waals surface area contributed by atoms with E-state index in [0.29, 0.717) is 37.6 Å². The Hall–Kier alpha value is -2.33. The van der Waals surface area contributed by atoms with Crippen LogP contribution in [0, 0.1) is 6.92 Å². The van der Waals surface area contributed by atoms with Crippen LogP contribution in [0.25, 0.3) is 0 Å². The third-order valence-electron chi connectivity index (χ3n) is 3.65. The van der Waals surface area contributed by atoms with Crippen molar-refractivity contribution in [3.63, 3.8) is 0 Å². The molecule has 0 atom stereocenters. The van der Waals surface area contributed by atoms with Crippen molar-refractivity contribution < 1.29 is 9.53 Å². The van der Waals surface area contributed by atoms with Crippen LogP contribution in [0.2, 0.25) is 15.1 Å². The zero-order chi connectivity index (χ0) is 19.4. The molecule has 0 N–H and O–H groups in total. The molecule has 0 heterocycles. The second-order valence-electron chi connectivity index (χ2n) is 5.83. The smallest absolute Gasteiger partial charge is 0.343 e. The largest absolute Gasteiger partial charge is 0.423 e. The minimum Gasteiger partial charge on any atom is -0.423 e. The van der Waals surface area contributed by atoms with E-state index in [9.17, 15) is 4.79 Å². The third kappa shape index (κ3) is 5.33. The first-order chi connectivity index (χ1) is 12.9. The van der Waals surface area contributed by atoms with Gasteiger partial charge < -0.3 is 4.74 Å². The Labute approximate surface area is 172 Å². The molecule has 3 rings (SSSR count).